The van der Waals surface area contributed by atoms with E-state index in [-0.39, 0.29) is 12.3 Å². The van der Waals surface area contributed by atoms with Crippen LogP contribution >= 0.6 is 0 Å². The smallest absolute Gasteiger partial charge is 0.317 e. The van der Waals surface area contributed by atoms with Gasteiger partial charge in [-0.2, -0.15) is 0 Å². The van der Waals surface area contributed by atoms with Crippen LogP contribution in [0.5, 0.6) is 0 Å². The number of hydrogen-bond acceptors (Lipinski definition) is 3. The third kappa shape index (κ3) is 3.01. The van der Waals surface area contributed by atoms with Crippen molar-refractivity contribution >= 4 is 11.8 Å². The molecule has 0 saturated heterocycles. The van der Waals surface area contributed by atoms with E-state index in [1.54, 1.807) is 18.9 Å². The van der Waals surface area contributed by atoms with E-state index >= 15 is 0 Å². The summed E-state index contributed by atoms with van der Waals surface area (Å²) < 4.78 is 0. The summed E-state index contributed by atoms with van der Waals surface area (Å²) in [6, 6.07) is 5.43. The number of fused-ring (bicyclic) bond motifs is 1. The van der Waals surface area contributed by atoms with Crippen molar-refractivity contribution in [1.82, 2.24) is 4.90 Å². The zero-order valence-electron chi connectivity index (χ0n) is 11.3. The molecule has 0 heterocycles. The zero-order valence-corrected chi connectivity index (χ0v) is 11.3. The highest BCUT2D eigenvalue weighted by molar-refractivity contribution is 6.00. The molecule has 1 aromatic rings. The normalized spacial score (nSPS) is 15.3. The van der Waals surface area contributed by atoms with Crippen molar-refractivity contribution in [2.75, 3.05) is 13.6 Å². The number of Topliss-reactive ketones (excluding diaryl/α,β-unsaturated/α-hetero) is 1. The van der Waals surface area contributed by atoms with E-state index in [9.17, 15) is 9.59 Å². The molecule has 0 fully saturated rings. The molecule has 102 valence electrons. The Morgan fingerprint density at radius 3 is 2.68 bits per heavy atom. The van der Waals surface area contributed by atoms with Crippen molar-refractivity contribution in [3.8, 4) is 0 Å². The number of hydrogen-bond donors (Lipinski definition) is 1. The maximum atomic E-state index is 12.3. The van der Waals surface area contributed by atoms with E-state index in [1.165, 1.54) is 11.1 Å². The summed E-state index contributed by atoms with van der Waals surface area (Å²) in [5.41, 5.74) is 3.28. The number of ketones is 1. The van der Waals surface area contributed by atoms with Gasteiger partial charge in [0.25, 0.3) is 0 Å². The Morgan fingerprint density at radius 1 is 1.32 bits per heavy atom. The summed E-state index contributed by atoms with van der Waals surface area (Å²) in [5.74, 6) is -0.936. The third-order valence-corrected chi connectivity index (χ3v) is 3.81. The Labute approximate surface area is 113 Å². The molecule has 0 saturated carbocycles. The molecule has 2 rings (SSSR count). The lowest BCUT2D eigenvalue weighted by molar-refractivity contribution is -0.138. The second-order valence-corrected chi connectivity index (χ2v) is 5.19. The Balaban J connectivity index is 2.13. The summed E-state index contributed by atoms with van der Waals surface area (Å²) >= 11 is 0. The minimum Gasteiger partial charge on any atom is -0.480 e. The van der Waals surface area contributed by atoms with Crippen molar-refractivity contribution in [2.24, 2.45) is 0 Å². The molecule has 0 aliphatic heterocycles. The van der Waals surface area contributed by atoms with E-state index in [0.717, 1.165) is 19.3 Å². The largest absolute Gasteiger partial charge is 0.480 e. The monoisotopic (exact) mass is 261 g/mol. The Kier molecular flexibility index (Phi) is 4.00. The summed E-state index contributed by atoms with van der Waals surface area (Å²) in [6.45, 7) is 1.62. The molecule has 4 nitrogen and oxygen atoms in total. The number of carbonyl (C=O) groups is 2. The van der Waals surface area contributed by atoms with Crippen LogP contribution in [0.15, 0.2) is 18.2 Å². The fourth-order valence-electron chi connectivity index (χ4n) is 2.52. The highest BCUT2D eigenvalue weighted by atomic mass is 16.4. The lowest BCUT2D eigenvalue weighted by Crippen LogP contribution is -2.39. The van der Waals surface area contributed by atoms with Gasteiger partial charge in [0.1, 0.15) is 0 Å². The van der Waals surface area contributed by atoms with Gasteiger partial charge in [-0.3, -0.25) is 14.5 Å². The summed E-state index contributed by atoms with van der Waals surface area (Å²) in [4.78, 5) is 24.6. The van der Waals surface area contributed by atoms with Gasteiger partial charge in [0, 0.05) is 5.56 Å². The lowest BCUT2D eigenvalue weighted by atomic mass is 10.00. The van der Waals surface area contributed by atoms with Crippen LogP contribution in [0.3, 0.4) is 0 Å². The number of rotatable bonds is 5. The van der Waals surface area contributed by atoms with Crippen molar-refractivity contribution in [2.45, 2.75) is 32.2 Å². The molecule has 1 unspecified atom stereocenters. The van der Waals surface area contributed by atoms with Gasteiger partial charge in [-0.05, 0) is 50.4 Å². The highest BCUT2D eigenvalue weighted by Gasteiger charge is 2.22. The molecule has 0 spiro atoms. The number of nitrogens with zero attached hydrogens (tertiary/aromatic N) is 1. The molecule has 1 atom stereocenters. The predicted molar refractivity (Wildman–Crippen MR) is 72.5 cm³/mol. The van der Waals surface area contributed by atoms with Gasteiger partial charge in [0.15, 0.2) is 5.78 Å². The van der Waals surface area contributed by atoms with Gasteiger partial charge >= 0.3 is 5.97 Å². The second kappa shape index (κ2) is 5.53. The highest BCUT2D eigenvalue weighted by Crippen LogP contribution is 2.23. The number of carboxylic acid groups (broad SMARTS) is 1. The van der Waals surface area contributed by atoms with Crippen molar-refractivity contribution in [3.05, 3.63) is 34.9 Å². The molecule has 0 amide bonds. The first kappa shape index (κ1) is 13.7. The molecule has 0 aromatic heterocycles. The Morgan fingerprint density at radius 2 is 2.00 bits per heavy atom. The molecule has 1 aliphatic rings. The average molecular weight is 261 g/mol. The minimum absolute atomic E-state index is 0.0153. The van der Waals surface area contributed by atoms with Crippen molar-refractivity contribution in [3.63, 3.8) is 0 Å². The van der Waals surface area contributed by atoms with Gasteiger partial charge in [-0.1, -0.05) is 12.1 Å². The zero-order chi connectivity index (χ0) is 14.0. The van der Waals surface area contributed by atoms with Crippen molar-refractivity contribution in [1.29, 1.82) is 0 Å². The average Bonchev–Trinajstić information content (AvgIpc) is 2.83. The van der Waals surface area contributed by atoms with Crippen molar-refractivity contribution < 1.29 is 14.7 Å². The number of benzene rings is 1. The molecular formula is C15H19NO3. The third-order valence-electron chi connectivity index (χ3n) is 3.81. The van der Waals surface area contributed by atoms with Crippen LogP contribution in [0, 0.1) is 0 Å². The first-order chi connectivity index (χ1) is 8.99. The van der Waals surface area contributed by atoms with Crippen LogP contribution in [-0.2, 0) is 17.6 Å². The van der Waals surface area contributed by atoms with Gasteiger partial charge < -0.3 is 5.11 Å². The van der Waals surface area contributed by atoms with E-state index < -0.39 is 12.0 Å². The van der Waals surface area contributed by atoms with Gasteiger partial charge in [0.2, 0.25) is 0 Å². The molecule has 4 heteroatoms. The standard InChI is InChI=1S/C15H19NO3/c1-10(16(2)9-14(17)18)15(19)13-7-6-11-4-3-5-12(11)8-13/h6-8,10H,3-5,9H2,1-2H3,(H,17,18). The maximum absolute atomic E-state index is 12.3. The van der Waals surface area contributed by atoms with E-state index in [2.05, 4.69) is 0 Å². The van der Waals surface area contributed by atoms with Gasteiger partial charge in [-0.15, -0.1) is 0 Å². The lowest BCUT2D eigenvalue weighted by Gasteiger charge is -2.21. The quantitative estimate of drug-likeness (QED) is 0.821. The van der Waals surface area contributed by atoms with Crippen LogP contribution in [0.4, 0.5) is 0 Å². The van der Waals surface area contributed by atoms with Crippen LogP contribution in [0.1, 0.15) is 34.8 Å². The van der Waals surface area contributed by atoms with Crippen LogP contribution in [0.25, 0.3) is 0 Å². The number of carbonyl (C=O) groups excluding carboxylic acids is 1. The van der Waals surface area contributed by atoms with E-state index in [1.807, 2.05) is 18.2 Å². The first-order valence-corrected chi connectivity index (χ1v) is 6.57. The SMILES string of the molecule is CC(C(=O)c1ccc2c(c1)CCC2)N(C)CC(=O)O. The van der Waals surface area contributed by atoms with Crippen LogP contribution < -0.4 is 0 Å². The molecule has 1 aromatic carbocycles. The van der Waals surface area contributed by atoms with Crippen LogP contribution in [0.2, 0.25) is 0 Å². The first-order valence-electron chi connectivity index (χ1n) is 6.57. The Bertz CT molecular complexity index is 510. The molecule has 0 bridgehead atoms. The van der Waals surface area contributed by atoms with E-state index in [0.29, 0.717) is 5.56 Å². The summed E-state index contributed by atoms with van der Waals surface area (Å²) in [6.07, 6.45) is 3.29. The number of aliphatic carboxylic acids is 1. The number of aryl methyl sites for hydroxylation is 2. The molecule has 0 radical (unpaired) electrons. The van der Waals surface area contributed by atoms with E-state index in [4.69, 9.17) is 5.11 Å². The number of carboxylic acids is 1. The molecule has 1 N–H and O–H groups in total. The predicted octanol–water partition coefficient (Wildman–Crippen LogP) is 1.76. The van der Waals surface area contributed by atoms with Crippen LogP contribution in [-0.4, -0.2) is 41.4 Å². The topological polar surface area (TPSA) is 57.6 Å². The fourth-order valence-corrected chi connectivity index (χ4v) is 2.52. The van der Waals surface area contributed by atoms with Gasteiger partial charge in [-0.25, -0.2) is 0 Å². The Hall–Kier alpha value is -1.68. The summed E-state index contributed by atoms with van der Waals surface area (Å²) in [7, 11) is 1.66. The molecular weight excluding hydrogens is 242 g/mol. The maximum Gasteiger partial charge on any atom is 0.317 e. The number of likely N-dealkylation sites (N-methyl/N-ethyl adjacent to an activating group) is 1. The summed E-state index contributed by atoms with van der Waals surface area (Å²) in [5, 5.41) is 8.76. The molecule has 1 aliphatic carbocycles. The second-order valence-electron chi connectivity index (χ2n) is 5.19. The minimum atomic E-state index is -0.920. The fraction of sp³-hybridized carbons (Fsp3) is 0.467. The van der Waals surface area contributed by atoms with Gasteiger partial charge in [0.05, 0.1) is 12.6 Å². The molecule has 19 heavy (non-hydrogen) atoms.